The van der Waals surface area contributed by atoms with Crippen LogP contribution in [0.4, 0.5) is 0 Å². The Bertz CT molecular complexity index is 1230. The first-order chi connectivity index (χ1) is 15.1. The topological polar surface area (TPSA) is 98.2 Å². The fraction of sp³-hybridized carbons (Fsp3) is 0.348. The van der Waals surface area contributed by atoms with Gasteiger partial charge in [0.2, 0.25) is 11.8 Å². The average molecular weight is 417 g/mol. The Morgan fingerprint density at radius 1 is 1.23 bits per heavy atom. The predicted octanol–water partition coefficient (Wildman–Crippen LogP) is 3.84. The van der Waals surface area contributed by atoms with E-state index in [1.165, 1.54) is 0 Å². The Hall–Kier alpha value is -3.55. The van der Waals surface area contributed by atoms with Gasteiger partial charge in [-0.15, -0.1) is 10.2 Å². The molecule has 4 aromatic rings. The van der Waals surface area contributed by atoms with Crippen LogP contribution in [-0.2, 0) is 11.2 Å². The third-order valence-electron chi connectivity index (χ3n) is 5.78. The SMILES string of the molecule is Cc1cc(C)c2c(CC(=O)N3CCCC(c4nnc(-c5cnccn5)o4)C3)coc2c1. The minimum Gasteiger partial charge on any atom is -0.464 e. The number of aromatic nitrogens is 4. The highest BCUT2D eigenvalue weighted by Gasteiger charge is 2.29. The molecule has 0 spiro atoms. The highest BCUT2D eigenvalue weighted by molar-refractivity contribution is 5.90. The van der Waals surface area contributed by atoms with Crippen LogP contribution in [0.15, 0.2) is 45.8 Å². The zero-order chi connectivity index (χ0) is 21.4. The molecule has 0 bridgehead atoms. The zero-order valence-electron chi connectivity index (χ0n) is 17.5. The molecule has 4 heterocycles. The third-order valence-corrected chi connectivity index (χ3v) is 5.78. The zero-order valence-corrected chi connectivity index (χ0v) is 17.5. The van der Waals surface area contributed by atoms with Gasteiger partial charge in [-0.2, -0.15) is 0 Å². The molecular weight excluding hydrogens is 394 g/mol. The standard InChI is InChI=1S/C23H23N5O3/c1-14-8-15(2)21-17(13-30-19(21)9-14)10-20(29)28-7-3-4-16(12-28)22-26-27-23(31-22)18-11-24-5-6-25-18/h5-6,8-9,11,13,16H,3-4,7,10,12H2,1-2H3. The molecule has 3 aromatic heterocycles. The molecule has 1 saturated heterocycles. The lowest BCUT2D eigenvalue weighted by Crippen LogP contribution is -2.40. The van der Waals surface area contributed by atoms with E-state index in [2.05, 4.69) is 33.2 Å². The van der Waals surface area contributed by atoms with Crippen molar-refractivity contribution in [3.8, 4) is 11.6 Å². The monoisotopic (exact) mass is 417 g/mol. The second-order valence-electron chi connectivity index (χ2n) is 8.11. The van der Waals surface area contributed by atoms with E-state index in [4.69, 9.17) is 8.83 Å². The van der Waals surface area contributed by atoms with E-state index >= 15 is 0 Å². The molecule has 1 amide bonds. The van der Waals surface area contributed by atoms with Crippen LogP contribution in [0.5, 0.6) is 0 Å². The van der Waals surface area contributed by atoms with Gasteiger partial charge in [0.25, 0.3) is 5.89 Å². The van der Waals surface area contributed by atoms with Crippen LogP contribution in [0, 0.1) is 13.8 Å². The van der Waals surface area contributed by atoms with Crippen LogP contribution >= 0.6 is 0 Å². The number of piperidine rings is 1. The van der Waals surface area contributed by atoms with Crippen LogP contribution in [-0.4, -0.2) is 44.1 Å². The molecule has 1 aliphatic heterocycles. The smallest absolute Gasteiger partial charge is 0.267 e. The van der Waals surface area contributed by atoms with E-state index in [1.54, 1.807) is 24.9 Å². The first-order valence-corrected chi connectivity index (χ1v) is 10.4. The molecule has 0 aliphatic carbocycles. The molecular formula is C23H23N5O3. The van der Waals surface area contributed by atoms with Crippen LogP contribution in [0.25, 0.3) is 22.6 Å². The average Bonchev–Trinajstić information content (AvgIpc) is 3.42. The number of benzene rings is 1. The molecule has 0 saturated carbocycles. The molecule has 1 fully saturated rings. The Morgan fingerprint density at radius 3 is 2.97 bits per heavy atom. The second-order valence-corrected chi connectivity index (χ2v) is 8.11. The number of nitrogens with zero attached hydrogens (tertiary/aromatic N) is 5. The highest BCUT2D eigenvalue weighted by atomic mass is 16.4. The predicted molar refractivity (Wildman–Crippen MR) is 113 cm³/mol. The summed E-state index contributed by atoms with van der Waals surface area (Å²) in [4.78, 5) is 23.2. The lowest BCUT2D eigenvalue weighted by Gasteiger charge is -2.31. The van der Waals surface area contributed by atoms with Gasteiger partial charge in [-0.05, 0) is 43.9 Å². The maximum atomic E-state index is 13.1. The van der Waals surface area contributed by atoms with E-state index in [-0.39, 0.29) is 11.8 Å². The van der Waals surface area contributed by atoms with E-state index in [9.17, 15) is 4.79 Å². The molecule has 1 aromatic carbocycles. The number of hydrogen-bond acceptors (Lipinski definition) is 7. The van der Waals surface area contributed by atoms with Gasteiger partial charge in [-0.25, -0.2) is 4.98 Å². The first kappa shape index (κ1) is 19.4. The Kier molecular flexibility index (Phi) is 4.97. The summed E-state index contributed by atoms with van der Waals surface area (Å²) >= 11 is 0. The number of rotatable bonds is 4. The molecule has 0 N–H and O–H groups in total. The molecule has 5 rings (SSSR count). The van der Waals surface area contributed by atoms with Crippen molar-refractivity contribution in [1.29, 1.82) is 0 Å². The molecule has 1 atom stereocenters. The van der Waals surface area contributed by atoms with Crippen LogP contribution in [0.3, 0.4) is 0 Å². The van der Waals surface area contributed by atoms with Gasteiger partial charge in [0.1, 0.15) is 11.3 Å². The summed E-state index contributed by atoms with van der Waals surface area (Å²) in [5.74, 6) is 0.988. The van der Waals surface area contributed by atoms with Gasteiger partial charge in [-0.3, -0.25) is 9.78 Å². The normalized spacial score (nSPS) is 16.7. The molecule has 8 heteroatoms. The number of likely N-dealkylation sites (tertiary alicyclic amines) is 1. The Labute approximate surface area is 179 Å². The van der Waals surface area contributed by atoms with Crippen molar-refractivity contribution < 1.29 is 13.6 Å². The van der Waals surface area contributed by atoms with Gasteiger partial charge in [0.05, 0.1) is 24.8 Å². The van der Waals surface area contributed by atoms with E-state index in [0.717, 1.165) is 47.0 Å². The lowest BCUT2D eigenvalue weighted by atomic mass is 9.97. The fourth-order valence-electron chi connectivity index (χ4n) is 4.35. The number of carbonyl (C=O) groups is 1. The van der Waals surface area contributed by atoms with Crippen LogP contribution in [0.1, 0.15) is 41.3 Å². The number of furan rings is 1. The molecule has 1 unspecified atom stereocenters. The van der Waals surface area contributed by atoms with Crippen molar-refractivity contribution in [2.75, 3.05) is 13.1 Å². The summed E-state index contributed by atoms with van der Waals surface area (Å²) in [6.07, 6.45) is 8.59. The summed E-state index contributed by atoms with van der Waals surface area (Å²) in [5.41, 5.74) is 4.59. The third kappa shape index (κ3) is 3.81. The Morgan fingerprint density at radius 2 is 2.13 bits per heavy atom. The summed E-state index contributed by atoms with van der Waals surface area (Å²) in [5, 5.41) is 9.36. The summed E-state index contributed by atoms with van der Waals surface area (Å²) < 4.78 is 11.6. The molecule has 1 aliphatic rings. The minimum absolute atomic E-state index is 0.0149. The van der Waals surface area contributed by atoms with Gasteiger partial charge in [0, 0.05) is 36.4 Å². The number of amides is 1. The maximum absolute atomic E-state index is 13.1. The van der Waals surface area contributed by atoms with Gasteiger partial charge < -0.3 is 13.7 Å². The number of aryl methyl sites for hydroxylation is 2. The van der Waals surface area contributed by atoms with Crippen molar-refractivity contribution in [1.82, 2.24) is 25.1 Å². The number of carbonyl (C=O) groups excluding carboxylic acids is 1. The van der Waals surface area contributed by atoms with Gasteiger partial charge >= 0.3 is 0 Å². The van der Waals surface area contributed by atoms with Crippen LogP contribution < -0.4 is 0 Å². The van der Waals surface area contributed by atoms with Crippen molar-refractivity contribution in [3.63, 3.8) is 0 Å². The van der Waals surface area contributed by atoms with Crippen molar-refractivity contribution >= 4 is 16.9 Å². The summed E-state index contributed by atoms with van der Waals surface area (Å²) in [7, 11) is 0. The highest BCUT2D eigenvalue weighted by Crippen LogP contribution is 2.30. The lowest BCUT2D eigenvalue weighted by molar-refractivity contribution is -0.131. The fourth-order valence-corrected chi connectivity index (χ4v) is 4.35. The number of fused-ring (bicyclic) bond motifs is 1. The summed E-state index contributed by atoms with van der Waals surface area (Å²) in [6, 6.07) is 4.13. The molecule has 0 radical (unpaired) electrons. The molecule has 158 valence electrons. The largest absolute Gasteiger partial charge is 0.464 e. The molecule has 8 nitrogen and oxygen atoms in total. The second kappa shape index (κ2) is 7.94. The maximum Gasteiger partial charge on any atom is 0.267 e. The Balaban J connectivity index is 1.31. The minimum atomic E-state index is 0.0149. The van der Waals surface area contributed by atoms with E-state index < -0.39 is 0 Å². The van der Waals surface area contributed by atoms with Crippen molar-refractivity contribution in [2.24, 2.45) is 0 Å². The van der Waals surface area contributed by atoms with Gasteiger partial charge in [0.15, 0.2) is 0 Å². The quantitative estimate of drug-likeness (QED) is 0.497. The van der Waals surface area contributed by atoms with Crippen LogP contribution in [0.2, 0.25) is 0 Å². The first-order valence-electron chi connectivity index (χ1n) is 10.4. The van der Waals surface area contributed by atoms with E-state index in [1.807, 2.05) is 17.9 Å². The van der Waals surface area contributed by atoms with Crippen molar-refractivity contribution in [3.05, 3.63) is 59.6 Å². The van der Waals surface area contributed by atoms with E-state index in [0.29, 0.717) is 30.4 Å². The number of hydrogen-bond donors (Lipinski definition) is 0. The summed E-state index contributed by atoms with van der Waals surface area (Å²) in [6.45, 7) is 5.39. The van der Waals surface area contributed by atoms with Gasteiger partial charge in [-0.1, -0.05) is 6.07 Å². The van der Waals surface area contributed by atoms with Crippen molar-refractivity contribution in [2.45, 2.75) is 39.0 Å². The molecule has 31 heavy (non-hydrogen) atoms.